The van der Waals surface area contributed by atoms with Crippen LogP contribution in [0.25, 0.3) is 16.6 Å². The van der Waals surface area contributed by atoms with E-state index in [0.717, 1.165) is 39.3 Å². The molecule has 29 heavy (non-hydrogen) atoms. The van der Waals surface area contributed by atoms with Gasteiger partial charge in [-0.1, -0.05) is 42.4 Å². The number of benzene rings is 2. The molecule has 4 rings (SSSR count). The number of ether oxygens (including phenoxy) is 1. The molecule has 2 aromatic heterocycles. The van der Waals surface area contributed by atoms with E-state index in [4.69, 9.17) is 16.3 Å². The number of hydrogen-bond donors (Lipinski definition) is 0. The number of pyridine rings is 1. The summed E-state index contributed by atoms with van der Waals surface area (Å²) in [5.74, 6) is 0.434. The first-order chi connectivity index (χ1) is 14.1. The zero-order chi connectivity index (χ0) is 20.4. The summed E-state index contributed by atoms with van der Waals surface area (Å²) >= 11 is 7.78. The number of carbonyl (C=O) groups excluding carboxylic acids is 1. The number of aryl methyl sites for hydroxylation is 1. The molecule has 5 nitrogen and oxygen atoms in total. The lowest BCUT2D eigenvalue weighted by molar-refractivity contribution is 0.0505. The van der Waals surface area contributed by atoms with E-state index in [2.05, 4.69) is 14.6 Å². The highest BCUT2D eigenvalue weighted by Crippen LogP contribution is 2.29. The smallest absolute Gasteiger partial charge is 0.338 e. The van der Waals surface area contributed by atoms with Crippen LogP contribution in [-0.2, 0) is 10.5 Å². The minimum atomic E-state index is -0.282. The molecule has 0 fully saturated rings. The normalized spacial score (nSPS) is 11.3. The van der Waals surface area contributed by atoms with Crippen molar-refractivity contribution in [3.63, 3.8) is 0 Å². The van der Waals surface area contributed by atoms with Gasteiger partial charge in [0.2, 0.25) is 0 Å². The molecule has 0 radical (unpaired) electrons. The van der Waals surface area contributed by atoms with Crippen LogP contribution in [0.1, 0.15) is 34.8 Å². The van der Waals surface area contributed by atoms with Crippen molar-refractivity contribution >= 4 is 45.9 Å². The Hall–Kier alpha value is -2.57. The van der Waals surface area contributed by atoms with Gasteiger partial charge < -0.3 is 4.74 Å². The van der Waals surface area contributed by atoms with Gasteiger partial charge in [-0.05, 0) is 60.9 Å². The molecule has 2 heterocycles. The maximum absolute atomic E-state index is 11.9. The molecule has 0 saturated heterocycles. The Labute approximate surface area is 178 Å². The van der Waals surface area contributed by atoms with Crippen molar-refractivity contribution in [3.05, 3.63) is 70.2 Å². The van der Waals surface area contributed by atoms with Gasteiger partial charge in [0.15, 0.2) is 10.8 Å². The van der Waals surface area contributed by atoms with Crippen LogP contribution in [0.3, 0.4) is 0 Å². The van der Waals surface area contributed by atoms with Gasteiger partial charge in [0.25, 0.3) is 0 Å². The standard InChI is InChI=1S/C22H20ClN3O2S/c1-3-10-28-21(27)16-6-4-15(5-7-16)13-29-22-25-24-20-11-14(2)18-12-17(23)8-9-19(18)26(20)22/h4-9,11-12H,3,10,13H2,1-2H3. The molecule has 0 amide bonds. The predicted molar refractivity (Wildman–Crippen MR) is 117 cm³/mol. The largest absolute Gasteiger partial charge is 0.462 e. The summed E-state index contributed by atoms with van der Waals surface area (Å²) in [6.45, 7) is 4.46. The molecular weight excluding hydrogens is 406 g/mol. The molecule has 0 N–H and O–H groups in total. The van der Waals surface area contributed by atoms with Crippen LogP contribution in [0.15, 0.2) is 53.7 Å². The number of rotatable bonds is 6. The minimum Gasteiger partial charge on any atom is -0.462 e. The van der Waals surface area contributed by atoms with Crippen molar-refractivity contribution in [3.8, 4) is 0 Å². The second-order valence-corrected chi connectivity index (χ2v) is 8.17. The van der Waals surface area contributed by atoms with Crippen LogP contribution in [0.2, 0.25) is 5.02 Å². The Morgan fingerprint density at radius 3 is 2.69 bits per heavy atom. The molecule has 0 spiro atoms. The van der Waals surface area contributed by atoms with Gasteiger partial charge in [-0.15, -0.1) is 10.2 Å². The number of carbonyl (C=O) groups is 1. The van der Waals surface area contributed by atoms with E-state index >= 15 is 0 Å². The molecule has 0 atom stereocenters. The van der Waals surface area contributed by atoms with E-state index in [1.165, 1.54) is 0 Å². The average molecular weight is 426 g/mol. The SMILES string of the molecule is CCCOC(=O)c1ccc(CSc2nnc3cc(C)c4cc(Cl)ccc4n23)cc1. The molecule has 0 unspecified atom stereocenters. The number of aromatic nitrogens is 3. The zero-order valence-electron chi connectivity index (χ0n) is 16.2. The second-order valence-electron chi connectivity index (χ2n) is 6.79. The fraction of sp³-hybridized carbons (Fsp3) is 0.227. The quantitative estimate of drug-likeness (QED) is 0.293. The second kappa shape index (κ2) is 8.43. The molecule has 2 aromatic carbocycles. The fourth-order valence-electron chi connectivity index (χ4n) is 3.15. The molecule has 4 aromatic rings. The summed E-state index contributed by atoms with van der Waals surface area (Å²) in [6.07, 6.45) is 0.813. The first-order valence-electron chi connectivity index (χ1n) is 9.39. The number of thioether (sulfide) groups is 1. The third kappa shape index (κ3) is 4.09. The van der Waals surface area contributed by atoms with Crippen LogP contribution in [-0.4, -0.2) is 27.2 Å². The fourth-order valence-corrected chi connectivity index (χ4v) is 4.23. The number of halogens is 1. The van der Waals surface area contributed by atoms with Gasteiger partial charge in [-0.25, -0.2) is 4.79 Å². The van der Waals surface area contributed by atoms with Crippen LogP contribution < -0.4 is 0 Å². The molecule has 0 bridgehead atoms. The van der Waals surface area contributed by atoms with Crippen LogP contribution in [0.4, 0.5) is 0 Å². The molecule has 0 aliphatic heterocycles. The highest BCUT2D eigenvalue weighted by molar-refractivity contribution is 7.98. The Kier molecular flexibility index (Phi) is 5.74. The van der Waals surface area contributed by atoms with Crippen molar-refractivity contribution in [2.45, 2.75) is 31.2 Å². The van der Waals surface area contributed by atoms with Crippen molar-refractivity contribution in [1.82, 2.24) is 14.6 Å². The molecular formula is C22H20ClN3O2S. The summed E-state index contributed by atoms with van der Waals surface area (Å²) in [5, 5.41) is 11.3. The Balaban J connectivity index is 1.57. The van der Waals surface area contributed by atoms with Crippen molar-refractivity contribution < 1.29 is 9.53 Å². The Bertz CT molecular complexity index is 1190. The summed E-state index contributed by atoms with van der Waals surface area (Å²) < 4.78 is 7.22. The van der Waals surface area contributed by atoms with E-state index in [1.54, 1.807) is 23.9 Å². The third-order valence-corrected chi connectivity index (χ3v) is 5.86. The first-order valence-corrected chi connectivity index (χ1v) is 10.8. The van der Waals surface area contributed by atoms with Gasteiger partial charge in [-0.2, -0.15) is 0 Å². The van der Waals surface area contributed by atoms with Gasteiger partial charge in [0, 0.05) is 16.2 Å². The van der Waals surface area contributed by atoms with Gasteiger partial charge in [0.05, 0.1) is 17.7 Å². The summed E-state index contributed by atoms with van der Waals surface area (Å²) in [5.41, 5.74) is 4.63. The van der Waals surface area contributed by atoms with E-state index in [9.17, 15) is 4.79 Å². The highest BCUT2D eigenvalue weighted by atomic mass is 35.5. The molecule has 0 saturated carbocycles. The summed E-state index contributed by atoms with van der Waals surface area (Å²) in [4.78, 5) is 11.9. The predicted octanol–water partition coefficient (Wildman–Crippen LogP) is 5.70. The molecule has 148 valence electrons. The third-order valence-electron chi connectivity index (χ3n) is 4.62. The van der Waals surface area contributed by atoms with Crippen LogP contribution in [0, 0.1) is 6.92 Å². The lowest BCUT2D eigenvalue weighted by Gasteiger charge is -2.08. The van der Waals surface area contributed by atoms with Crippen LogP contribution in [0.5, 0.6) is 0 Å². The van der Waals surface area contributed by atoms with E-state index in [1.807, 2.05) is 50.2 Å². The highest BCUT2D eigenvalue weighted by Gasteiger charge is 2.13. The summed E-state index contributed by atoms with van der Waals surface area (Å²) in [6, 6.07) is 15.4. The van der Waals surface area contributed by atoms with Crippen molar-refractivity contribution in [1.29, 1.82) is 0 Å². The number of fused-ring (bicyclic) bond motifs is 3. The molecule has 0 aliphatic carbocycles. The van der Waals surface area contributed by atoms with Gasteiger partial charge >= 0.3 is 5.97 Å². The van der Waals surface area contributed by atoms with E-state index in [0.29, 0.717) is 22.9 Å². The number of hydrogen-bond acceptors (Lipinski definition) is 5. The zero-order valence-corrected chi connectivity index (χ0v) is 17.8. The van der Waals surface area contributed by atoms with E-state index < -0.39 is 0 Å². The van der Waals surface area contributed by atoms with E-state index in [-0.39, 0.29) is 5.97 Å². The van der Waals surface area contributed by atoms with Crippen LogP contribution >= 0.6 is 23.4 Å². The first kappa shape index (κ1) is 19.7. The Morgan fingerprint density at radius 1 is 1.14 bits per heavy atom. The lowest BCUT2D eigenvalue weighted by Crippen LogP contribution is -2.05. The monoisotopic (exact) mass is 425 g/mol. The maximum Gasteiger partial charge on any atom is 0.338 e. The van der Waals surface area contributed by atoms with Gasteiger partial charge in [0.1, 0.15) is 0 Å². The summed E-state index contributed by atoms with van der Waals surface area (Å²) in [7, 11) is 0. The maximum atomic E-state index is 11.9. The topological polar surface area (TPSA) is 56.5 Å². The number of nitrogens with zero attached hydrogens (tertiary/aromatic N) is 3. The minimum absolute atomic E-state index is 0.282. The van der Waals surface area contributed by atoms with Crippen molar-refractivity contribution in [2.24, 2.45) is 0 Å². The average Bonchev–Trinajstić information content (AvgIpc) is 3.13. The number of esters is 1. The molecule has 7 heteroatoms. The molecule has 0 aliphatic rings. The lowest BCUT2D eigenvalue weighted by atomic mass is 10.1. The van der Waals surface area contributed by atoms with Gasteiger partial charge in [-0.3, -0.25) is 4.40 Å². The Morgan fingerprint density at radius 2 is 1.93 bits per heavy atom. The van der Waals surface area contributed by atoms with Crippen molar-refractivity contribution in [2.75, 3.05) is 6.61 Å².